The first kappa shape index (κ1) is 14.9. The Labute approximate surface area is 145 Å². The molecule has 1 amide bonds. The molecule has 0 saturated heterocycles. The van der Waals surface area contributed by atoms with Crippen LogP contribution in [0.1, 0.15) is 50.6 Å². The number of nitrogens with zero attached hydrogens (tertiary/aromatic N) is 2. The monoisotopic (exact) mass is 345 g/mol. The summed E-state index contributed by atoms with van der Waals surface area (Å²) in [6, 6.07) is 0. The van der Waals surface area contributed by atoms with Crippen molar-refractivity contribution in [3.63, 3.8) is 0 Å². The molecule has 0 radical (unpaired) electrons. The number of imidazole rings is 1. The Kier molecular flexibility index (Phi) is 3.14. The van der Waals surface area contributed by atoms with Crippen molar-refractivity contribution in [1.29, 1.82) is 0 Å². The number of carbonyl (C=O) groups excluding carboxylic acids is 1. The van der Waals surface area contributed by atoms with Gasteiger partial charge in [-0.25, -0.2) is 4.98 Å². The molecular formula is C18H23N3O2S. The summed E-state index contributed by atoms with van der Waals surface area (Å²) in [5.74, 6) is 1.37. The van der Waals surface area contributed by atoms with E-state index < -0.39 is 5.60 Å². The molecule has 4 aliphatic carbocycles. The SMILES string of the molecule is O=C(CC12C[C@H]3C[C@@H](CC(O)(C3)C1)C2)NCc1cn2ccsc2n1. The van der Waals surface area contributed by atoms with Crippen LogP contribution in [0.5, 0.6) is 0 Å². The molecule has 2 aromatic heterocycles. The van der Waals surface area contributed by atoms with Gasteiger partial charge in [-0.1, -0.05) is 0 Å². The number of nitrogens with one attached hydrogen (secondary N) is 1. The van der Waals surface area contributed by atoms with E-state index in [0.29, 0.717) is 24.8 Å². The van der Waals surface area contributed by atoms with Crippen molar-refractivity contribution in [1.82, 2.24) is 14.7 Å². The highest BCUT2D eigenvalue weighted by Crippen LogP contribution is 2.62. The van der Waals surface area contributed by atoms with Crippen LogP contribution in [0.3, 0.4) is 0 Å². The Morgan fingerprint density at radius 3 is 2.88 bits per heavy atom. The Balaban J connectivity index is 1.24. The number of hydrogen-bond acceptors (Lipinski definition) is 4. The van der Waals surface area contributed by atoms with Gasteiger partial charge < -0.3 is 10.4 Å². The number of fused-ring (bicyclic) bond motifs is 1. The summed E-state index contributed by atoms with van der Waals surface area (Å²) in [4.78, 5) is 18.0. The van der Waals surface area contributed by atoms with Crippen LogP contribution in [0.4, 0.5) is 0 Å². The van der Waals surface area contributed by atoms with Crippen LogP contribution >= 0.6 is 11.3 Å². The van der Waals surface area contributed by atoms with E-state index in [4.69, 9.17) is 0 Å². The fourth-order valence-electron chi connectivity index (χ4n) is 6.06. The molecule has 4 saturated carbocycles. The topological polar surface area (TPSA) is 66.6 Å². The van der Waals surface area contributed by atoms with Crippen LogP contribution in [0.2, 0.25) is 0 Å². The molecule has 4 aliphatic rings. The zero-order valence-corrected chi connectivity index (χ0v) is 14.5. The minimum absolute atomic E-state index is 0.0392. The second kappa shape index (κ2) is 5.05. The van der Waals surface area contributed by atoms with Crippen LogP contribution in [0, 0.1) is 17.3 Å². The molecule has 0 aromatic carbocycles. The van der Waals surface area contributed by atoms with Gasteiger partial charge in [0.25, 0.3) is 0 Å². The van der Waals surface area contributed by atoms with E-state index in [9.17, 15) is 9.90 Å². The summed E-state index contributed by atoms with van der Waals surface area (Å²) >= 11 is 1.60. The molecule has 0 aliphatic heterocycles. The number of carbonyl (C=O) groups is 1. The number of amides is 1. The lowest BCUT2D eigenvalue weighted by atomic mass is 9.47. The number of thiazole rings is 1. The Morgan fingerprint density at radius 1 is 1.38 bits per heavy atom. The standard InChI is InChI=1S/C18H23N3O2S/c22-15(19-9-14-10-21-1-2-24-16(21)20-14)8-17-4-12-3-13(5-17)7-18(23,6-12)11-17/h1-2,10,12-13,23H,3-9,11H2,(H,19,22)/t12-,13-,17?,18?/m1/s1. The molecule has 5 nitrogen and oxygen atoms in total. The summed E-state index contributed by atoms with van der Waals surface area (Å²) in [6.07, 6.45) is 10.8. The first-order valence-electron chi connectivity index (χ1n) is 8.91. The minimum Gasteiger partial charge on any atom is -0.390 e. The Morgan fingerprint density at radius 2 is 2.17 bits per heavy atom. The summed E-state index contributed by atoms with van der Waals surface area (Å²) in [5.41, 5.74) is 0.454. The van der Waals surface area contributed by atoms with Crippen molar-refractivity contribution < 1.29 is 9.90 Å². The molecule has 2 atom stereocenters. The maximum atomic E-state index is 12.5. The van der Waals surface area contributed by atoms with E-state index in [2.05, 4.69) is 10.3 Å². The predicted octanol–water partition coefficient (Wildman–Crippen LogP) is 2.73. The van der Waals surface area contributed by atoms with Crippen molar-refractivity contribution in [2.45, 2.75) is 57.1 Å². The van der Waals surface area contributed by atoms with Gasteiger partial charge in [-0.15, -0.1) is 11.3 Å². The average molecular weight is 345 g/mol. The molecule has 6 heteroatoms. The molecule has 4 fully saturated rings. The van der Waals surface area contributed by atoms with Gasteiger partial charge in [-0.3, -0.25) is 9.20 Å². The summed E-state index contributed by atoms with van der Waals surface area (Å²) < 4.78 is 1.99. The van der Waals surface area contributed by atoms with E-state index in [1.54, 1.807) is 11.3 Å². The van der Waals surface area contributed by atoms with E-state index in [1.807, 2.05) is 22.2 Å². The fourth-order valence-corrected chi connectivity index (χ4v) is 6.78. The minimum atomic E-state index is -0.488. The van der Waals surface area contributed by atoms with Crippen molar-refractivity contribution in [2.24, 2.45) is 17.3 Å². The van der Waals surface area contributed by atoms with E-state index in [1.165, 1.54) is 6.42 Å². The lowest BCUT2D eigenvalue weighted by molar-refractivity contribution is -0.169. The van der Waals surface area contributed by atoms with Crippen molar-refractivity contribution in [3.05, 3.63) is 23.5 Å². The van der Waals surface area contributed by atoms with Gasteiger partial charge in [0.15, 0.2) is 4.96 Å². The van der Waals surface area contributed by atoms with Gasteiger partial charge in [-0.2, -0.15) is 0 Å². The number of hydrogen-bond donors (Lipinski definition) is 2. The summed E-state index contributed by atoms with van der Waals surface area (Å²) in [5, 5.41) is 15.9. The van der Waals surface area contributed by atoms with Gasteiger partial charge in [0, 0.05) is 24.2 Å². The smallest absolute Gasteiger partial charge is 0.220 e. The molecule has 128 valence electrons. The molecule has 24 heavy (non-hydrogen) atoms. The van der Waals surface area contributed by atoms with E-state index in [-0.39, 0.29) is 11.3 Å². The summed E-state index contributed by atoms with van der Waals surface area (Å²) in [6.45, 7) is 0.487. The first-order chi connectivity index (χ1) is 11.5. The molecule has 2 aromatic rings. The predicted molar refractivity (Wildman–Crippen MR) is 91.6 cm³/mol. The highest BCUT2D eigenvalue weighted by Gasteiger charge is 2.57. The molecule has 0 spiro atoms. The number of aromatic nitrogens is 2. The highest BCUT2D eigenvalue weighted by molar-refractivity contribution is 7.15. The van der Waals surface area contributed by atoms with Crippen molar-refractivity contribution in [3.8, 4) is 0 Å². The van der Waals surface area contributed by atoms with Crippen LogP contribution in [0.15, 0.2) is 17.8 Å². The van der Waals surface area contributed by atoms with Gasteiger partial charge in [0.1, 0.15) is 0 Å². The molecule has 4 bridgehead atoms. The van der Waals surface area contributed by atoms with Crippen LogP contribution < -0.4 is 5.32 Å². The Bertz CT molecular complexity index is 753. The molecule has 6 rings (SSSR count). The fraction of sp³-hybridized carbons (Fsp3) is 0.667. The highest BCUT2D eigenvalue weighted by atomic mass is 32.1. The summed E-state index contributed by atoms with van der Waals surface area (Å²) in [7, 11) is 0. The third kappa shape index (κ3) is 2.47. The van der Waals surface area contributed by atoms with Crippen LogP contribution in [-0.4, -0.2) is 26.0 Å². The third-order valence-corrected chi connectivity index (χ3v) is 7.07. The zero-order chi connectivity index (χ0) is 16.4. The quantitative estimate of drug-likeness (QED) is 0.895. The normalized spacial score (nSPS) is 37.2. The van der Waals surface area contributed by atoms with Gasteiger partial charge in [0.2, 0.25) is 5.91 Å². The largest absolute Gasteiger partial charge is 0.390 e. The molecular weight excluding hydrogens is 322 g/mol. The van der Waals surface area contributed by atoms with Gasteiger partial charge in [-0.05, 0) is 55.8 Å². The maximum absolute atomic E-state index is 12.5. The molecule has 2 N–H and O–H groups in total. The Hall–Kier alpha value is -1.40. The third-order valence-electron chi connectivity index (χ3n) is 6.30. The lowest BCUT2D eigenvalue weighted by Gasteiger charge is -2.60. The second-order valence-electron chi connectivity index (χ2n) is 8.46. The van der Waals surface area contributed by atoms with Crippen molar-refractivity contribution >= 4 is 22.2 Å². The van der Waals surface area contributed by atoms with E-state index >= 15 is 0 Å². The molecule has 2 heterocycles. The second-order valence-corrected chi connectivity index (χ2v) is 9.34. The maximum Gasteiger partial charge on any atom is 0.220 e. The van der Waals surface area contributed by atoms with Gasteiger partial charge >= 0.3 is 0 Å². The lowest BCUT2D eigenvalue weighted by Crippen LogP contribution is -2.56. The van der Waals surface area contributed by atoms with E-state index in [0.717, 1.165) is 42.8 Å². The average Bonchev–Trinajstić information content (AvgIpc) is 3.02. The first-order valence-corrected chi connectivity index (χ1v) is 9.79. The van der Waals surface area contributed by atoms with Crippen LogP contribution in [-0.2, 0) is 11.3 Å². The van der Waals surface area contributed by atoms with Gasteiger partial charge in [0.05, 0.1) is 17.8 Å². The molecule has 0 unspecified atom stereocenters. The van der Waals surface area contributed by atoms with Crippen LogP contribution in [0.25, 0.3) is 4.96 Å². The number of aliphatic hydroxyl groups is 1. The number of rotatable bonds is 4. The zero-order valence-electron chi connectivity index (χ0n) is 13.7. The van der Waals surface area contributed by atoms with Crippen molar-refractivity contribution in [2.75, 3.05) is 0 Å².